The fraction of sp³-hybridized carbons (Fsp3) is 0.769. The Kier molecular flexibility index (Phi) is 5.48. The monoisotopic (exact) mass is 240 g/mol. The van der Waals surface area contributed by atoms with Crippen molar-refractivity contribution in [3.05, 3.63) is 11.6 Å². The summed E-state index contributed by atoms with van der Waals surface area (Å²) in [5.74, 6) is 0. The van der Waals surface area contributed by atoms with Crippen molar-refractivity contribution < 1.29 is 9.53 Å². The van der Waals surface area contributed by atoms with Gasteiger partial charge in [-0.25, -0.2) is 4.79 Å². The molecule has 98 valence electrons. The van der Waals surface area contributed by atoms with Crippen LogP contribution in [0.2, 0.25) is 0 Å². The van der Waals surface area contributed by atoms with E-state index in [-0.39, 0.29) is 11.4 Å². The molecule has 0 saturated heterocycles. The number of allylic oxidation sites excluding steroid dienone is 1. The standard InChI is InChI=1S/C13H24N2O2/c1-11(2)5-8-14-12(16)15-9-13(10-17-3)6-4-7-13/h5H,4,6-10H2,1-3H3,(H2,14,15,16). The number of hydrogen-bond donors (Lipinski definition) is 2. The summed E-state index contributed by atoms with van der Waals surface area (Å²) in [5, 5.41) is 5.73. The highest BCUT2D eigenvalue weighted by atomic mass is 16.5. The summed E-state index contributed by atoms with van der Waals surface area (Å²) in [4.78, 5) is 11.5. The van der Waals surface area contributed by atoms with Gasteiger partial charge < -0.3 is 15.4 Å². The van der Waals surface area contributed by atoms with Crippen LogP contribution < -0.4 is 10.6 Å². The Morgan fingerprint density at radius 3 is 2.53 bits per heavy atom. The summed E-state index contributed by atoms with van der Waals surface area (Å²) in [5.41, 5.74) is 1.39. The number of methoxy groups -OCH3 is 1. The topological polar surface area (TPSA) is 50.4 Å². The first-order chi connectivity index (χ1) is 8.08. The first kappa shape index (κ1) is 14.0. The van der Waals surface area contributed by atoms with Crippen molar-refractivity contribution in [2.75, 3.05) is 26.8 Å². The lowest BCUT2D eigenvalue weighted by Gasteiger charge is -2.41. The lowest BCUT2D eigenvalue weighted by atomic mass is 9.69. The average molecular weight is 240 g/mol. The lowest BCUT2D eigenvalue weighted by molar-refractivity contribution is 0.0200. The molecule has 1 rings (SSSR count). The number of carbonyl (C=O) groups is 1. The van der Waals surface area contributed by atoms with Gasteiger partial charge in [0.05, 0.1) is 6.61 Å². The van der Waals surface area contributed by atoms with E-state index in [4.69, 9.17) is 4.74 Å². The molecule has 0 aromatic carbocycles. The summed E-state index contributed by atoms with van der Waals surface area (Å²) in [6.07, 6.45) is 5.53. The Labute approximate surface area is 104 Å². The van der Waals surface area contributed by atoms with Crippen LogP contribution in [-0.2, 0) is 4.74 Å². The molecule has 1 aliphatic rings. The van der Waals surface area contributed by atoms with Gasteiger partial charge in [-0.15, -0.1) is 0 Å². The highest BCUT2D eigenvalue weighted by Gasteiger charge is 2.37. The number of amides is 2. The van der Waals surface area contributed by atoms with Gasteiger partial charge in [0.1, 0.15) is 0 Å². The smallest absolute Gasteiger partial charge is 0.315 e. The molecule has 17 heavy (non-hydrogen) atoms. The normalized spacial score (nSPS) is 16.9. The number of urea groups is 1. The van der Waals surface area contributed by atoms with Crippen LogP contribution in [0.4, 0.5) is 4.79 Å². The summed E-state index contributed by atoms with van der Waals surface area (Å²) in [6.45, 7) is 6.07. The van der Waals surface area contributed by atoms with Gasteiger partial charge in [0.15, 0.2) is 0 Å². The van der Waals surface area contributed by atoms with Crippen LogP contribution in [0.5, 0.6) is 0 Å². The third-order valence-corrected chi connectivity index (χ3v) is 3.26. The van der Waals surface area contributed by atoms with Crippen molar-refractivity contribution in [1.82, 2.24) is 10.6 Å². The van der Waals surface area contributed by atoms with Crippen LogP contribution in [-0.4, -0.2) is 32.8 Å². The Bertz CT molecular complexity index is 279. The average Bonchev–Trinajstić information content (AvgIpc) is 2.21. The van der Waals surface area contributed by atoms with Crippen molar-refractivity contribution in [3.63, 3.8) is 0 Å². The van der Waals surface area contributed by atoms with Gasteiger partial charge in [0, 0.05) is 25.6 Å². The highest BCUT2D eigenvalue weighted by molar-refractivity contribution is 5.74. The van der Waals surface area contributed by atoms with E-state index in [1.54, 1.807) is 7.11 Å². The van der Waals surface area contributed by atoms with Crippen LogP contribution in [0, 0.1) is 5.41 Å². The van der Waals surface area contributed by atoms with Crippen molar-refractivity contribution in [3.8, 4) is 0 Å². The van der Waals surface area contributed by atoms with Crippen LogP contribution in [0.1, 0.15) is 33.1 Å². The van der Waals surface area contributed by atoms with E-state index in [2.05, 4.69) is 10.6 Å². The van der Waals surface area contributed by atoms with Gasteiger partial charge >= 0.3 is 6.03 Å². The van der Waals surface area contributed by atoms with Crippen molar-refractivity contribution in [1.29, 1.82) is 0 Å². The third-order valence-electron chi connectivity index (χ3n) is 3.26. The molecule has 1 saturated carbocycles. The molecule has 1 fully saturated rings. The fourth-order valence-electron chi connectivity index (χ4n) is 2.03. The second-order valence-corrected chi connectivity index (χ2v) is 5.13. The van der Waals surface area contributed by atoms with Crippen molar-refractivity contribution in [2.24, 2.45) is 5.41 Å². The van der Waals surface area contributed by atoms with E-state index >= 15 is 0 Å². The Balaban J connectivity index is 2.20. The highest BCUT2D eigenvalue weighted by Crippen LogP contribution is 2.40. The summed E-state index contributed by atoms with van der Waals surface area (Å²) < 4.78 is 5.21. The van der Waals surface area contributed by atoms with E-state index in [9.17, 15) is 4.79 Å². The molecular weight excluding hydrogens is 216 g/mol. The minimum absolute atomic E-state index is 0.0927. The van der Waals surface area contributed by atoms with Crippen LogP contribution in [0.15, 0.2) is 11.6 Å². The van der Waals surface area contributed by atoms with E-state index in [1.165, 1.54) is 12.0 Å². The maximum Gasteiger partial charge on any atom is 0.315 e. The zero-order valence-electron chi connectivity index (χ0n) is 11.1. The molecule has 0 bridgehead atoms. The number of carbonyl (C=O) groups excluding carboxylic acids is 1. The fourth-order valence-corrected chi connectivity index (χ4v) is 2.03. The summed E-state index contributed by atoms with van der Waals surface area (Å²) >= 11 is 0. The predicted molar refractivity (Wildman–Crippen MR) is 69.0 cm³/mol. The molecule has 0 aliphatic heterocycles. The number of ether oxygens (including phenoxy) is 1. The minimum atomic E-state index is -0.0927. The molecule has 4 heteroatoms. The first-order valence-corrected chi connectivity index (χ1v) is 6.22. The molecule has 2 amide bonds. The van der Waals surface area contributed by atoms with Gasteiger partial charge in [0.2, 0.25) is 0 Å². The summed E-state index contributed by atoms with van der Waals surface area (Å²) in [7, 11) is 1.72. The van der Waals surface area contributed by atoms with Gasteiger partial charge in [-0.1, -0.05) is 18.1 Å². The van der Waals surface area contributed by atoms with E-state index in [1.807, 2.05) is 19.9 Å². The minimum Gasteiger partial charge on any atom is -0.384 e. The molecule has 0 atom stereocenters. The van der Waals surface area contributed by atoms with Gasteiger partial charge in [0.25, 0.3) is 0 Å². The van der Waals surface area contributed by atoms with Crippen LogP contribution in [0.3, 0.4) is 0 Å². The zero-order chi connectivity index (χ0) is 12.7. The largest absolute Gasteiger partial charge is 0.384 e. The van der Waals surface area contributed by atoms with Gasteiger partial charge in [-0.05, 0) is 26.7 Å². The van der Waals surface area contributed by atoms with Crippen molar-refractivity contribution >= 4 is 6.03 Å². The lowest BCUT2D eigenvalue weighted by Crippen LogP contribution is -2.47. The molecule has 0 unspecified atom stereocenters. The Hall–Kier alpha value is -1.03. The molecule has 2 N–H and O–H groups in total. The summed E-state index contributed by atoms with van der Waals surface area (Å²) in [6, 6.07) is -0.0927. The first-order valence-electron chi connectivity index (χ1n) is 6.22. The van der Waals surface area contributed by atoms with Gasteiger partial charge in [-0.3, -0.25) is 0 Å². The number of hydrogen-bond acceptors (Lipinski definition) is 2. The van der Waals surface area contributed by atoms with E-state index < -0.39 is 0 Å². The molecule has 1 aliphatic carbocycles. The van der Waals surface area contributed by atoms with Crippen LogP contribution >= 0.6 is 0 Å². The predicted octanol–water partition coefficient (Wildman–Crippen LogP) is 2.07. The second kappa shape index (κ2) is 6.64. The number of rotatable bonds is 6. The molecule has 0 aromatic rings. The maximum absolute atomic E-state index is 11.5. The molecule has 0 spiro atoms. The van der Waals surface area contributed by atoms with E-state index in [0.29, 0.717) is 13.1 Å². The maximum atomic E-state index is 11.5. The molecule has 0 aromatic heterocycles. The quantitative estimate of drug-likeness (QED) is 0.698. The van der Waals surface area contributed by atoms with E-state index in [0.717, 1.165) is 19.4 Å². The SMILES string of the molecule is COCC1(CNC(=O)NCC=C(C)C)CCC1. The number of nitrogens with one attached hydrogen (secondary N) is 2. The molecule has 0 radical (unpaired) electrons. The zero-order valence-corrected chi connectivity index (χ0v) is 11.1. The van der Waals surface area contributed by atoms with Crippen molar-refractivity contribution in [2.45, 2.75) is 33.1 Å². The molecule has 4 nitrogen and oxygen atoms in total. The second-order valence-electron chi connectivity index (χ2n) is 5.13. The molecular formula is C13H24N2O2. The van der Waals surface area contributed by atoms with Crippen LogP contribution in [0.25, 0.3) is 0 Å². The van der Waals surface area contributed by atoms with Gasteiger partial charge in [-0.2, -0.15) is 0 Å². The third kappa shape index (κ3) is 4.77. The molecule has 0 heterocycles. The Morgan fingerprint density at radius 2 is 2.06 bits per heavy atom. The Morgan fingerprint density at radius 1 is 1.35 bits per heavy atom.